The molecule has 2 heterocycles. The van der Waals surface area contributed by atoms with Crippen molar-refractivity contribution in [1.82, 2.24) is 4.57 Å². The number of aromatic nitrogens is 1. The molecule has 3 nitrogen and oxygen atoms in total. The molecular weight excluding hydrogens is 456 g/mol. The fourth-order valence-electron chi connectivity index (χ4n) is 4.80. The topological polar surface area (TPSA) is 37.5 Å². The van der Waals surface area contributed by atoms with Crippen LogP contribution in [0.1, 0.15) is 46.5 Å². The number of benzene rings is 3. The first-order chi connectivity index (χ1) is 16.6. The number of fused-ring (bicyclic) bond motifs is 2. The summed E-state index contributed by atoms with van der Waals surface area (Å²) in [5.74, 6) is -0.375. The molecule has 0 saturated heterocycles. The summed E-state index contributed by atoms with van der Waals surface area (Å²) in [5, 5.41) is 12.0. The number of aryl methyl sites for hydroxylation is 2. The number of halogens is 4. The smallest absolute Gasteiger partial charge is 0.375 e. The number of nitrogens with zero attached hydrogens (tertiary/aromatic N) is 2. The van der Waals surface area contributed by atoms with E-state index in [2.05, 4.69) is 4.99 Å². The number of hydrogen-bond acceptors (Lipinski definition) is 2. The SMILES string of the molecule is CCc1ccc2c(c1)cc(C)n2CC(O)(c1ccc2c(c1)C=NC2c1ccc(F)cc1)C(F)(F)F. The lowest BCUT2D eigenvalue weighted by molar-refractivity contribution is -0.271. The number of aliphatic hydroxyl groups is 1. The molecule has 1 aliphatic heterocycles. The van der Waals surface area contributed by atoms with E-state index < -0.39 is 24.4 Å². The van der Waals surface area contributed by atoms with Crippen LogP contribution >= 0.6 is 0 Å². The largest absolute Gasteiger partial charge is 0.423 e. The van der Waals surface area contributed by atoms with Gasteiger partial charge in [-0.3, -0.25) is 4.99 Å². The van der Waals surface area contributed by atoms with Gasteiger partial charge in [0.05, 0.1) is 6.54 Å². The van der Waals surface area contributed by atoms with Gasteiger partial charge in [-0.05, 0) is 77.6 Å². The highest BCUT2D eigenvalue weighted by atomic mass is 19.4. The first-order valence-corrected chi connectivity index (χ1v) is 11.4. The Labute approximate surface area is 200 Å². The molecule has 4 aromatic rings. The van der Waals surface area contributed by atoms with E-state index in [1.165, 1.54) is 35.0 Å². The van der Waals surface area contributed by atoms with Crippen LogP contribution in [-0.2, 0) is 18.6 Å². The van der Waals surface area contributed by atoms with Gasteiger partial charge >= 0.3 is 6.18 Å². The molecule has 35 heavy (non-hydrogen) atoms. The molecule has 0 spiro atoms. The van der Waals surface area contributed by atoms with Crippen LogP contribution < -0.4 is 0 Å². The first-order valence-electron chi connectivity index (χ1n) is 11.4. The molecule has 1 N–H and O–H groups in total. The molecule has 0 saturated carbocycles. The highest BCUT2D eigenvalue weighted by Gasteiger charge is 2.55. The second kappa shape index (κ2) is 8.34. The van der Waals surface area contributed by atoms with Crippen LogP contribution in [0, 0.1) is 12.7 Å². The van der Waals surface area contributed by atoms with E-state index in [1.54, 1.807) is 31.2 Å². The summed E-state index contributed by atoms with van der Waals surface area (Å²) in [6, 6.07) is 17.2. The Balaban J connectivity index is 1.55. The molecule has 0 aliphatic carbocycles. The summed E-state index contributed by atoms with van der Waals surface area (Å²) in [4.78, 5) is 4.42. The summed E-state index contributed by atoms with van der Waals surface area (Å²) in [7, 11) is 0. The third-order valence-electron chi connectivity index (χ3n) is 6.84. The monoisotopic (exact) mass is 480 g/mol. The van der Waals surface area contributed by atoms with Crippen molar-refractivity contribution < 1.29 is 22.7 Å². The van der Waals surface area contributed by atoms with Gasteiger partial charge in [0.25, 0.3) is 0 Å². The van der Waals surface area contributed by atoms with Crippen LogP contribution in [0.4, 0.5) is 17.6 Å². The van der Waals surface area contributed by atoms with E-state index in [1.807, 2.05) is 25.1 Å². The molecule has 2 unspecified atom stereocenters. The van der Waals surface area contributed by atoms with Crippen LogP contribution in [0.5, 0.6) is 0 Å². The van der Waals surface area contributed by atoms with Gasteiger partial charge in [-0.25, -0.2) is 4.39 Å². The van der Waals surface area contributed by atoms with Crippen molar-refractivity contribution in [1.29, 1.82) is 0 Å². The molecule has 1 aromatic heterocycles. The summed E-state index contributed by atoms with van der Waals surface area (Å²) < 4.78 is 58.1. The van der Waals surface area contributed by atoms with Crippen molar-refractivity contribution >= 4 is 17.1 Å². The molecule has 0 radical (unpaired) electrons. The highest BCUT2D eigenvalue weighted by Crippen LogP contribution is 2.43. The molecule has 3 aromatic carbocycles. The standard InChI is InChI=1S/C28H24F4N2O/c1-3-18-4-11-25-20(13-18)12-17(2)34(25)16-27(35,28(30,31)32)22-7-10-24-21(14-22)15-33-26(24)19-5-8-23(29)9-6-19/h4-15,26,35H,3,16H2,1-2H3. The molecule has 7 heteroatoms. The molecule has 2 atom stereocenters. The molecule has 0 amide bonds. The number of alkyl halides is 3. The minimum Gasteiger partial charge on any atom is -0.375 e. The quantitative estimate of drug-likeness (QED) is 0.320. The van der Waals surface area contributed by atoms with Gasteiger partial charge < -0.3 is 9.67 Å². The Morgan fingerprint density at radius 1 is 0.971 bits per heavy atom. The van der Waals surface area contributed by atoms with Crippen molar-refractivity contribution in [2.45, 2.75) is 44.6 Å². The van der Waals surface area contributed by atoms with E-state index in [-0.39, 0.29) is 11.4 Å². The molecule has 180 valence electrons. The maximum Gasteiger partial charge on any atom is 0.423 e. The zero-order chi connectivity index (χ0) is 25.0. The average Bonchev–Trinajstić information content (AvgIpc) is 3.38. The van der Waals surface area contributed by atoms with Gasteiger partial charge in [-0.2, -0.15) is 13.2 Å². The van der Waals surface area contributed by atoms with E-state index >= 15 is 0 Å². The van der Waals surface area contributed by atoms with E-state index in [0.29, 0.717) is 22.3 Å². The fourth-order valence-corrected chi connectivity index (χ4v) is 4.80. The van der Waals surface area contributed by atoms with Gasteiger partial charge in [-0.15, -0.1) is 0 Å². The van der Waals surface area contributed by atoms with Crippen LogP contribution in [0.15, 0.2) is 71.7 Å². The third kappa shape index (κ3) is 3.93. The summed E-state index contributed by atoms with van der Waals surface area (Å²) >= 11 is 0. The first kappa shape index (κ1) is 23.3. The van der Waals surface area contributed by atoms with Crippen molar-refractivity contribution in [3.05, 3.63) is 106 Å². The number of rotatable bonds is 5. The van der Waals surface area contributed by atoms with Crippen LogP contribution in [0.2, 0.25) is 0 Å². The predicted octanol–water partition coefficient (Wildman–Crippen LogP) is 6.62. The third-order valence-corrected chi connectivity index (χ3v) is 6.84. The molecule has 5 rings (SSSR count). The Morgan fingerprint density at radius 2 is 1.71 bits per heavy atom. The van der Waals surface area contributed by atoms with E-state index in [4.69, 9.17) is 0 Å². The maximum absolute atomic E-state index is 14.4. The van der Waals surface area contributed by atoms with E-state index in [9.17, 15) is 22.7 Å². The lowest BCUT2D eigenvalue weighted by atomic mass is 9.88. The Bertz CT molecular complexity index is 1440. The Hall–Kier alpha value is -3.45. The minimum atomic E-state index is -4.92. The summed E-state index contributed by atoms with van der Waals surface area (Å²) in [6.45, 7) is 3.09. The van der Waals surface area contributed by atoms with Gasteiger partial charge in [0, 0.05) is 22.8 Å². The van der Waals surface area contributed by atoms with Gasteiger partial charge in [-0.1, -0.05) is 37.3 Å². The zero-order valence-electron chi connectivity index (χ0n) is 19.3. The summed E-state index contributed by atoms with van der Waals surface area (Å²) in [5.41, 5.74) is 0.957. The number of aliphatic imine (C=N–C) groups is 1. The zero-order valence-corrected chi connectivity index (χ0v) is 19.3. The second-order valence-electron chi connectivity index (χ2n) is 9.05. The van der Waals surface area contributed by atoms with Crippen molar-refractivity contribution in [2.24, 2.45) is 4.99 Å². The van der Waals surface area contributed by atoms with Crippen molar-refractivity contribution in [3.63, 3.8) is 0 Å². The number of hydrogen-bond donors (Lipinski definition) is 1. The summed E-state index contributed by atoms with van der Waals surface area (Å²) in [6.07, 6.45) is -2.59. The van der Waals surface area contributed by atoms with Gasteiger partial charge in [0.15, 0.2) is 0 Å². The lowest BCUT2D eigenvalue weighted by Crippen LogP contribution is -2.46. The average molecular weight is 481 g/mol. The second-order valence-corrected chi connectivity index (χ2v) is 9.05. The van der Waals surface area contributed by atoms with Crippen LogP contribution in [0.3, 0.4) is 0 Å². The highest BCUT2D eigenvalue weighted by molar-refractivity contribution is 5.86. The van der Waals surface area contributed by atoms with Crippen LogP contribution in [0.25, 0.3) is 10.9 Å². The Morgan fingerprint density at radius 3 is 2.40 bits per heavy atom. The van der Waals surface area contributed by atoms with E-state index in [0.717, 1.165) is 22.9 Å². The normalized spacial score (nSPS) is 17.1. The molecule has 1 aliphatic rings. The molecule has 0 fully saturated rings. The molecule has 0 bridgehead atoms. The van der Waals surface area contributed by atoms with Gasteiger partial charge in [0.1, 0.15) is 11.9 Å². The fraction of sp³-hybridized carbons (Fsp3) is 0.250. The van der Waals surface area contributed by atoms with Crippen molar-refractivity contribution in [2.75, 3.05) is 0 Å². The Kier molecular flexibility index (Phi) is 5.55. The van der Waals surface area contributed by atoms with Crippen molar-refractivity contribution in [3.8, 4) is 0 Å². The predicted molar refractivity (Wildman–Crippen MR) is 128 cm³/mol. The van der Waals surface area contributed by atoms with Gasteiger partial charge in [0.2, 0.25) is 5.60 Å². The maximum atomic E-state index is 14.4. The molecular formula is C28H24F4N2O. The lowest BCUT2D eigenvalue weighted by Gasteiger charge is -2.32. The minimum absolute atomic E-state index is 0.249. The van der Waals surface area contributed by atoms with Crippen LogP contribution in [-0.4, -0.2) is 22.1 Å².